The van der Waals surface area contributed by atoms with Crippen molar-refractivity contribution in [2.75, 3.05) is 6.54 Å². The van der Waals surface area contributed by atoms with E-state index in [0.29, 0.717) is 18.9 Å². The van der Waals surface area contributed by atoms with E-state index < -0.39 is 12.0 Å². The van der Waals surface area contributed by atoms with Crippen LogP contribution in [0.25, 0.3) is 0 Å². The molecule has 0 saturated heterocycles. The molecule has 1 amide bonds. The predicted octanol–water partition coefficient (Wildman–Crippen LogP) is 2.41. The minimum absolute atomic E-state index is 0.0603. The topological polar surface area (TPSA) is 92.4 Å². The average molecular weight is 432 g/mol. The van der Waals surface area contributed by atoms with E-state index in [9.17, 15) is 9.59 Å². The fourth-order valence-corrected chi connectivity index (χ4v) is 2.86. The highest BCUT2D eigenvalue weighted by Crippen LogP contribution is 2.15. The maximum absolute atomic E-state index is 12.1. The summed E-state index contributed by atoms with van der Waals surface area (Å²) in [5.41, 5.74) is 6.96. The molecule has 0 bridgehead atoms. The molecule has 1 aromatic carbocycles. The summed E-state index contributed by atoms with van der Waals surface area (Å²) in [6.45, 7) is 4.43. The summed E-state index contributed by atoms with van der Waals surface area (Å²) in [7, 11) is 0. The molecule has 0 spiro atoms. The minimum atomic E-state index is -0.840. The number of hydrogen-bond acceptors (Lipinski definition) is 3. The van der Waals surface area contributed by atoms with E-state index in [-0.39, 0.29) is 18.2 Å². The fraction of sp³-hybridized carbons (Fsp3) is 0.529. The van der Waals surface area contributed by atoms with Gasteiger partial charge in [-0.15, -0.1) is 0 Å². The first-order valence-corrected chi connectivity index (χ1v) is 8.85. The molecule has 23 heavy (non-hydrogen) atoms. The van der Waals surface area contributed by atoms with Crippen LogP contribution < -0.4 is 11.1 Å². The van der Waals surface area contributed by atoms with E-state index >= 15 is 0 Å². The summed E-state index contributed by atoms with van der Waals surface area (Å²) in [6, 6.07) is 7.25. The Morgan fingerprint density at radius 1 is 1.26 bits per heavy atom. The number of amides is 1. The zero-order chi connectivity index (χ0) is 17.4. The van der Waals surface area contributed by atoms with Crippen LogP contribution in [0.1, 0.15) is 32.3 Å². The quantitative estimate of drug-likeness (QED) is 0.523. The second-order valence-electron chi connectivity index (χ2n) is 6.28. The maximum Gasteiger partial charge on any atom is 0.303 e. The van der Waals surface area contributed by atoms with Gasteiger partial charge in [0.25, 0.3) is 0 Å². The first-order chi connectivity index (χ1) is 10.8. The standard InChI is InChI=1S/C17H25IN2O3/c1-11(2)7-13(9-16(21)22)10-20-17(23)15(19)8-12-3-5-14(18)6-4-12/h3-6,11,13,15H,7-10,19H2,1-2H3,(H,20,23)(H,21,22)/t13-,15+/m0/s1. The molecule has 5 nitrogen and oxygen atoms in total. The lowest BCUT2D eigenvalue weighted by atomic mass is 9.94. The van der Waals surface area contributed by atoms with Gasteiger partial charge in [-0.3, -0.25) is 9.59 Å². The Kier molecular flexibility index (Phi) is 8.54. The zero-order valence-electron chi connectivity index (χ0n) is 13.6. The lowest BCUT2D eigenvalue weighted by Crippen LogP contribution is -2.44. The van der Waals surface area contributed by atoms with Crippen LogP contribution in [0.2, 0.25) is 0 Å². The molecule has 6 heteroatoms. The van der Waals surface area contributed by atoms with Crippen molar-refractivity contribution < 1.29 is 14.7 Å². The summed E-state index contributed by atoms with van der Waals surface area (Å²) < 4.78 is 1.13. The van der Waals surface area contributed by atoms with Crippen LogP contribution in [-0.4, -0.2) is 29.6 Å². The Hall–Kier alpha value is -1.15. The van der Waals surface area contributed by atoms with Gasteiger partial charge in [0.15, 0.2) is 0 Å². The molecule has 0 heterocycles. The minimum Gasteiger partial charge on any atom is -0.481 e. The van der Waals surface area contributed by atoms with Crippen molar-refractivity contribution in [3.63, 3.8) is 0 Å². The Balaban J connectivity index is 2.49. The Bertz CT molecular complexity index is 517. The number of hydrogen-bond donors (Lipinski definition) is 3. The largest absolute Gasteiger partial charge is 0.481 e. The molecule has 1 rings (SSSR count). The first-order valence-electron chi connectivity index (χ1n) is 7.77. The van der Waals surface area contributed by atoms with Gasteiger partial charge < -0.3 is 16.2 Å². The number of nitrogens with two attached hydrogens (primary N) is 1. The maximum atomic E-state index is 12.1. The van der Waals surface area contributed by atoms with Gasteiger partial charge in [0.1, 0.15) is 0 Å². The normalized spacial score (nSPS) is 13.6. The van der Waals surface area contributed by atoms with Crippen LogP contribution in [0.4, 0.5) is 0 Å². The van der Waals surface area contributed by atoms with Gasteiger partial charge in [-0.05, 0) is 65.0 Å². The highest BCUT2D eigenvalue weighted by Gasteiger charge is 2.19. The van der Waals surface area contributed by atoms with Crippen LogP contribution in [-0.2, 0) is 16.0 Å². The van der Waals surface area contributed by atoms with E-state index in [0.717, 1.165) is 15.6 Å². The van der Waals surface area contributed by atoms with Gasteiger partial charge in [-0.1, -0.05) is 26.0 Å². The van der Waals surface area contributed by atoms with E-state index in [1.54, 1.807) is 0 Å². The smallest absolute Gasteiger partial charge is 0.303 e. The summed E-state index contributed by atoms with van der Waals surface area (Å²) in [5.74, 6) is -0.755. The second-order valence-corrected chi connectivity index (χ2v) is 7.52. The van der Waals surface area contributed by atoms with Crippen LogP contribution in [0, 0.1) is 15.4 Å². The Morgan fingerprint density at radius 2 is 1.87 bits per heavy atom. The van der Waals surface area contributed by atoms with Crippen LogP contribution in [0.3, 0.4) is 0 Å². The number of rotatable bonds is 9. The van der Waals surface area contributed by atoms with Gasteiger partial charge in [-0.25, -0.2) is 0 Å². The molecule has 1 aromatic rings. The van der Waals surface area contributed by atoms with Crippen molar-refractivity contribution in [1.29, 1.82) is 0 Å². The lowest BCUT2D eigenvalue weighted by Gasteiger charge is -2.19. The van der Waals surface area contributed by atoms with Crippen molar-refractivity contribution in [3.05, 3.63) is 33.4 Å². The summed E-state index contributed by atoms with van der Waals surface area (Å²) in [5, 5.41) is 11.7. The van der Waals surface area contributed by atoms with Crippen LogP contribution in [0.5, 0.6) is 0 Å². The number of aliphatic carboxylic acids is 1. The highest BCUT2D eigenvalue weighted by atomic mass is 127. The number of carbonyl (C=O) groups excluding carboxylic acids is 1. The van der Waals surface area contributed by atoms with Crippen molar-refractivity contribution in [3.8, 4) is 0 Å². The molecule has 128 valence electrons. The van der Waals surface area contributed by atoms with Crippen molar-refractivity contribution in [2.24, 2.45) is 17.6 Å². The fourth-order valence-electron chi connectivity index (χ4n) is 2.50. The number of carboxylic acid groups (broad SMARTS) is 1. The number of carbonyl (C=O) groups is 2. The average Bonchev–Trinajstić information content (AvgIpc) is 2.45. The Morgan fingerprint density at radius 3 is 2.39 bits per heavy atom. The van der Waals surface area contributed by atoms with Gasteiger partial charge in [0.2, 0.25) is 5.91 Å². The third-order valence-electron chi connectivity index (χ3n) is 3.54. The number of benzene rings is 1. The monoisotopic (exact) mass is 432 g/mol. The molecule has 2 atom stereocenters. The molecule has 0 aliphatic carbocycles. The molecular weight excluding hydrogens is 407 g/mol. The molecular formula is C17H25IN2O3. The first kappa shape index (κ1) is 19.9. The third-order valence-corrected chi connectivity index (χ3v) is 4.26. The van der Waals surface area contributed by atoms with Gasteiger partial charge >= 0.3 is 5.97 Å². The number of halogens is 1. The number of nitrogens with one attached hydrogen (secondary N) is 1. The SMILES string of the molecule is CC(C)C[C@H](CNC(=O)[C@H](N)Cc1ccc(I)cc1)CC(=O)O. The Labute approximate surface area is 151 Å². The van der Waals surface area contributed by atoms with Crippen LogP contribution >= 0.6 is 22.6 Å². The molecule has 0 saturated carbocycles. The van der Waals surface area contributed by atoms with Crippen molar-refractivity contribution >= 4 is 34.5 Å². The van der Waals surface area contributed by atoms with E-state index in [2.05, 4.69) is 27.9 Å². The third kappa shape index (κ3) is 8.31. The van der Waals surface area contributed by atoms with Crippen molar-refractivity contribution in [1.82, 2.24) is 5.32 Å². The van der Waals surface area contributed by atoms with Gasteiger partial charge in [0, 0.05) is 16.5 Å². The van der Waals surface area contributed by atoms with Gasteiger partial charge in [-0.2, -0.15) is 0 Å². The molecule has 0 fully saturated rings. The summed E-state index contributed by atoms with van der Waals surface area (Å²) in [4.78, 5) is 23.0. The summed E-state index contributed by atoms with van der Waals surface area (Å²) in [6.07, 6.45) is 1.29. The van der Waals surface area contributed by atoms with Crippen molar-refractivity contribution in [2.45, 2.75) is 39.2 Å². The predicted molar refractivity (Wildman–Crippen MR) is 99.0 cm³/mol. The zero-order valence-corrected chi connectivity index (χ0v) is 15.7. The van der Waals surface area contributed by atoms with Crippen LogP contribution in [0.15, 0.2) is 24.3 Å². The summed E-state index contributed by atoms with van der Waals surface area (Å²) >= 11 is 2.22. The molecule has 0 aliphatic heterocycles. The van der Waals surface area contributed by atoms with E-state index in [4.69, 9.17) is 10.8 Å². The molecule has 4 N–H and O–H groups in total. The second kappa shape index (κ2) is 9.87. The molecule has 0 aliphatic rings. The molecule has 0 unspecified atom stereocenters. The number of carboxylic acids is 1. The highest BCUT2D eigenvalue weighted by molar-refractivity contribution is 14.1. The lowest BCUT2D eigenvalue weighted by molar-refractivity contribution is -0.138. The van der Waals surface area contributed by atoms with E-state index in [1.807, 2.05) is 38.1 Å². The van der Waals surface area contributed by atoms with Gasteiger partial charge in [0.05, 0.1) is 6.04 Å². The molecule has 0 aromatic heterocycles. The molecule has 0 radical (unpaired) electrons. The van der Waals surface area contributed by atoms with E-state index in [1.165, 1.54) is 0 Å².